The molecule has 0 atom stereocenters. The predicted octanol–water partition coefficient (Wildman–Crippen LogP) is 2.41. The highest BCUT2D eigenvalue weighted by atomic mass is 35.5. The fourth-order valence-corrected chi connectivity index (χ4v) is 3.46. The molecule has 0 bridgehead atoms. The molecule has 0 aliphatic heterocycles. The Balaban J connectivity index is 1.86. The monoisotopic (exact) mass is 350 g/mol. The minimum atomic E-state index is -3.66. The van der Waals surface area contributed by atoms with Gasteiger partial charge in [-0.25, -0.2) is 23.1 Å². The predicted molar refractivity (Wildman–Crippen MR) is 88.7 cm³/mol. The summed E-state index contributed by atoms with van der Waals surface area (Å²) in [5, 5.41) is 0.416. The molecule has 3 aromatic rings. The number of pyridine rings is 1. The average Bonchev–Trinajstić information content (AvgIpc) is 2.85. The Hall–Kier alpha value is -1.96. The Bertz CT molecular complexity index is 982. The van der Waals surface area contributed by atoms with Crippen LogP contribution in [-0.4, -0.2) is 23.0 Å². The third-order valence-corrected chi connectivity index (χ3v) is 5.40. The minimum absolute atomic E-state index is 0.0701. The number of nitrogens with one attached hydrogen (secondary N) is 1. The van der Waals surface area contributed by atoms with Crippen LogP contribution < -0.4 is 4.72 Å². The summed E-state index contributed by atoms with van der Waals surface area (Å²) >= 11 is 6.00. The molecule has 120 valence electrons. The smallest absolute Gasteiger partial charge is 0.241 e. The summed E-state index contributed by atoms with van der Waals surface area (Å²) in [4.78, 5) is 8.75. The summed E-state index contributed by atoms with van der Waals surface area (Å²) < 4.78 is 29.1. The van der Waals surface area contributed by atoms with Crippen LogP contribution in [0, 0.1) is 6.92 Å². The second-order valence-electron chi connectivity index (χ2n) is 5.17. The number of hydrogen-bond donors (Lipinski definition) is 1. The highest BCUT2D eigenvalue weighted by molar-refractivity contribution is 7.89. The van der Waals surface area contributed by atoms with E-state index in [1.165, 1.54) is 12.1 Å². The molecule has 0 spiro atoms. The highest BCUT2D eigenvalue weighted by Crippen LogP contribution is 2.20. The van der Waals surface area contributed by atoms with Gasteiger partial charge in [-0.15, -0.1) is 0 Å². The maximum Gasteiger partial charge on any atom is 0.241 e. The van der Waals surface area contributed by atoms with E-state index in [-0.39, 0.29) is 11.4 Å². The number of hydrogen-bond acceptors (Lipinski definition) is 4. The number of nitrogens with zero attached hydrogens (tertiary/aromatic N) is 3. The van der Waals surface area contributed by atoms with Crippen LogP contribution in [0.3, 0.4) is 0 Å². The standard InChI is InChI=1S/C15H15ClN4O2S/c1-10-5-6-11(8-12(10)16)23(21,22)18-9-14-19-13-4-3-7-17-15(13)20(14)2/h3-8,18H,9H2,1-2H3. The van der Waals surface area contributed by atoms with Crippen molar-refractivity contribution in [2.75, 3.05) is 0 Å². The Kier molecular flexibility index (Phi) is 4.09. The van der Waals surface area contributed by atoms with Gasteiger partial charge in [0.25, 0.3) is 0 Å². The van der Waals surface area contributed by atoms with E-state index in [9.17, 15) is 8.42 Å². The Morgan fingerprint density at radius 1 is 1.30 bits per heavy atom. The van der Waals surface area contributed by atoms with Crippen molar-refractivity contribution in [3.63, 3.8) is 0 Å². The number of fused-ring (bicyclic) bond motifs is 1. The number of rotatable bonds is 4. The molecule has 0 aliphatic rings. The molecule has 0 radical (unpaired) electrons. The van der Waals surface area contributed by atoms with E-state index >= 15 is 0 Å². The van der Waals surface area contributed by atoms with Crippen LogP contribution >= 0.6 is 11.6 Å². The molecule has 0 saturated carbocycles. The molecule has 8 heteroatoms. The van der Waals surface area contributed by atoms with Crippen molar-refractivity contribution >= 4 is 32.8 Å². The number of halogens is 1. The lowest BCUT2D eigenvalue weighted by atomic mass is 10.2. The van der Waals surface area contributed by atoms with Crippen LogP contribution in [0.25, 0.3) is 11.2 Å². The van der Waals surface area contributed by atoms with Crippen molar-refractivity contribution in [3.05, 3.63) is 52.9 Å². The average molecular weight is 351 g/mol. The zero-order valence-electron chi connectivity index (χ0n) is 12.6. The summed E-state index contributed by atoms with van der Waals surface area (Å²) in [7, 11) is -1.86. The van der Waals surface area contributed by atoms with Gasteiger partial charge < -0.3 is 4.57 Å². The van der Waals surface area contributed by atoms with Gasteiger partial charge in [0.05, 0.1) is 11.4 Å². The molecule has 1 aromatic carbocycles. The Morgan fingerprint density at radius 3 is 2.78 bits per heavy atom. The van der Waals surface area contributed by atoms with Crippen LogP contribution in [0.5, 0.6) is 0 Å². The van der Waals surface area contributed by atoms with Gasteiger partial charge in [0.15, 0.2) is 5.65 Å². The lowest BCUT2D eigenvalue weighted by molar-refractivity contribution is 0.578. The van der Waals surface area contributed by atoms with Crippen molar-refractivity contribution in [1.82, 2.24) is 19.3 Å². The maximum atomic E-state index is 12.4. The van der Waals surface area contributed by atoms with Crippen molar-refractivity contribution in [2.24, 2.45) is 7.05 Å². The minimum Gasteiger partial charge on any atom is -0.315 e. The molecule has 2 aromatic heterocycles. The summed E-state index contributed by atoms with van der Waals surface area (Å²) in [6.07, 6.45) is 1.67. The number of benzene rings is 1. The van der Waals surface area contributed by atoms with Gasteiger partial charge in [0.2, 0.25) is 10.0 Å². The SMILES string of the molecule is Cc1ccc(S(=O)(=O)NCc2nc3cccnc3n2C)cc1Cl. The molecular formula is C15H15ClN4O2S. The molecular weight excluding hydrogens is 336 g/mol. The van der Waals surface area contributed by atoms with E-state index in [2.05, 4.69) is 14.7 Å². The van der Waals surface area contributed by atoms with Crippen LogP contribution in [0.4, 0.5) is 0 Å². The molecule has 1 N–H and O–H groups in total. The summed E-state index contributed by atoms with van der Waals surface area (Å²) in [5.74, 6) is 0.584. The second-order valence-corrected chi connectivity index (χ2v) is 7.34. The first-order valence-corrected chi connectivity index (χ1v) is 8.77. The van der Waals surface area contributed by atoms with Crippen molar-refractivity contribution < 1.29 is 8.42 Å². The van der Waals surface area contributed by atoms with E-state index in [1.54, 1.807) is 29.9 Å². The maximum absolute atomic E-state index is 12.4. The molecule has 0 saturated heterocycles. The quantitative estimate of drug-likeness (QED) is 0.783. The van der Waals surface area contributed by atoms with Crippen molar-refractivity contribution in [2.45, 2.75) is 18.4 Å². The summed E-state index contributed by atoms with van der Waals surface area (Å²) in [5.41, 5.74) is 2.26. The van der Waals surface area contributed by atoms with E-state index in [4.69, 9.17) is 11.6 Å². The normalized spacial score (nSPS) is 12.0. The zero-order valence-corrected chi connectivity index (χ0v) is 14.2. The first kappa shape index (κ1) is 15.9. The van der Waals surface area contributed by atoms with E-state index in [1.807, 2.05) is 13.0 Å². The third kappa shape index (κ3) is 3.08. The van der Waals surface area contributed by atoms with Crippen LogP contribution in [-0.2, 0) is 23.6 Å². The Morgan fingerprint density at radius 2 is 2.09 bits per heavy atom. The third-order valence-electron chi connectivity index (χ3n) is 3.59. The fourth-order valence-electron chi connectivity index (χ4n) is 2.21. The summed E-state index contributed by atoms with van der Waals surface area (Å²) in [6, 6.07) is 8.27. The Labute approximate surface area is 139 Å². The molecule has 23 heavy (non-hydrogen) atoms. The lowest BCUT2D eigenvalue weighted by Crippen LogP contribution is -2.24. The van der Waals surface area contributed by atoms with E-state index < -0.39 is 10.0 Å². The van der Waals surface area contributed by atoms with Crippen LogP contribution in [0.15, 0.2) is 41.4 Å². The first-order chi connectivity index (χ1) is 10.9. The number of aryl methyl sites for hydroxylation is 2. The molecule has 2 heterocycles. The molecule has 0 unspecified atom stereocenters. The molecule has 3 rings (SSSR count). The molecule has 0 amide bonds. The van der Waals surface area contributed by atoms with Gasteiger partial charge in [-0.2, -0.15) is 0 Å². The number of aromatic nitrogens is 3. The van der Waals surface area contributed by atoms with Gasteiger partial charge in [-0.05, 0) is 36.8 Å². The second kappa shape index (κ2) is 5.92. The number of sulfonamides is 1. The molecule has 6 nitrogen and oxygen atoms in total. The molecule has 0 aliphatic carbocycles. The van der Waals surface area contributed by atoms with Crippen LogP contribution in [0.2, 0.25) is 5.02 Å². The largest absolute Gasteiger partial charge is 0.315 e. The zero-order chi connectivity index (χ0) is 16.6. The lowest BCUT2D eigenvalue weighted by Gasteiger charge is -2.08. The summed E-state index contributed by atoms with van der Waals surface area (Å²) in [6.45, 7) is 1.89. The van der Waals surface area contributed by atoms with Crippen LogP contribution in [0.1, 0.15) is 11.4 Å². The van der Waals surface area contributed by atoms with Gasteiger partial charge in [0, 0.05) is 18.3 Å². The number of imidazole rings is 1. The first-order valence-electron chi connectivity index (χ1n) is 6.90. The van der Waals surface area contributed by atoms with Crippen molar-refractivity contribution in [1.29, 1.82) is 0 Å². The van der Waals surface area contributed by atoms with Crippen molar-refractivity contribution in [3.8, 4) is 0 Å². The van der Waals surface area contributed by atoms with Gasteiger partial charge >= 0.3 is 0 Å². The van der Waals surface area contributed by atoms with E-state index in [0.29, 0.717) is 16.5 Å². The molecule has 0 fully saturated rings. The van der Waals surface area contributed by atoms with E-state index in [0.717, 1.165) is 11.1 Å². The van der Waals surface area contributed by atoms with Gasteiger partial charge in [-0.3, -0.25) is 0 Å². The fraction of sp³-hybridized carbons (Fsp3) is 0.200. The van der Waals surface area contributed by atoms with Gasteiger partial charge in [-0.1, -0.05) is 17.7 Å². The highest BCUT2D eigenvalue weighted by Gasteiger charge is 2.17. The van der Waals surface area contributed by atoms with Gasteiger partial charge in [0.1, 0.15) is 11.3 Å². The topological polar surface area (TPSA) is 76.9 Å².